The zero-order valence-electron chi connectivity index (χ0n) is 11.9. The number of ether oxygens (including phenoxy) is 2. The highest BCUT2D eigenvalue weighted by Gasteiger charge is 2.12. The first-order valence-corrected chi connectivity index (χ1v) is 6.33. The number of phenolic OH excluding ortho intramolecular Hbond substituents is 1. The minimum atomic E-state index is -0.327. The van der Waals surface area contributed by atoms with Crippen molar-refractivity contribution in [3.63, 3.8) is 0 Å². The van der Waals surface area contributed by atoms with Crippen molar-refractivity contribution in [1.29, 1.82) is 0 Å². The molecule has 5 nitrogen and oxygen atoms in total. The highest BCUT2D eigenvalue weighted by Crippen LogP contribution is 2.37. The van der Waals surface area contributed by atoms with Crippen molar-refractivity contribution in [2.75, 3.05) is 14.2 Å². The van der Waals surface area contributed by atoms with E-state index >= 15 is 0 Å². The van der Waals surface area contributed by atoms with Gasteiger partial charge in [0.15, 0.2) is 11.5 Å². The van der Waals surface area contributed by atoms with Gasteiger partial charge in [0.05, 0.1) is 20.3 Å². The fraction of sp³-hybridized carbons (Fsp3) is 0.571. The molecule has 0 aliphatic heterocycles. The highest BCUT2D eigenvalue weighted by atomic mass is 16.5. The predicted octanol–water partition coefficient (Wildman–Crippen LogP) is 1.66. The molecule has 108 valence electrons. The average molecular weight is 269 g/mol. The van der Waals surface area contributed by atoms with Crippen molar-refractivity contribution in [3.8, 4) is 17.2 Å². The van der Waals surface area contributed by atoms with Crippen LogP contribution in [0.5, 0.6) is 17.2 Å². The molecule has 0 saturated heterocycles. The van der Waals surface area contributed by atoms with E-state index in [4.69, 9.17) is 9.47 Å². The summed E-state index contributed by atoms with van der Waals surface area (Å²) in [6.45, 7) is 4.40. The molecule has 5 heteroatoms. The summed E-state index contributed by atoms with van der Waals surface area (Å²) in [6.07, 6.45) is 0.359. The number of aliphatic hydroxyl groups excluding tert-OH is 1. The molecule has 1 aromatic rings. The number of aliphatic hydroxyl groups is 1. The number of methoxy groups -OCH3 is 2. The van der Waals surface area contributed by atoms with Gasteiger partial charge in [-0.05, 0) is 38.0 Å². The summed E-state index contributed by atoms with van der Waals surface area (Å²) in [6, 6.07) is 3.73. The third kappa shape index (κ3) is 4.61. The lowest BCUT2D eigenvalue weighted by Gasteiger charge is -2.16. The number of hydrogen-bond donors (Lipinski definition) is 3. The number of aromatic hydroxyl groups is 1. The van der Waals surface area contributed by atoms with Gasteiger partial charge in [0, 0.05) is 12.6 Å². The van der Waals surface area contributed by atoms with Crippen molar-refractivity contribution in [2.45, 2.75) is 39.0 Å². The Morgan fingerprint density at radius 2 is 1.68 bits per heavy atom. The van der Waals surface area contributed by atoms with E-state index in [1.807, 2.05) is 6.92 Å². The van der Waals surface area contributed by atoms with E-state index < -0.39 is 0 Å². The van der Waals surface area contributed by atoms with Crippen LogP contribution >= 0.6 is 0 Å². The molecule has 3 N–H and O–H groups in total. The number of benzene rings is 1. The maximum absolute atomic E-state index is 9.81. The molecule has 0 spiro atoms. The summed E-state index contributed by atoms with van der Waals surface area (Å²) in [5, 5.41) is 22.4. The van der Waals surface area contributed by atoms with Gasteiger partial charge in [-0.3, -0.25) is 0 Å². The first kappa shape index (κ1) is 15.6. The SMILES string of the molecule is COc1cc(CNC(C)CC(C)O)cc(OC)c1O. The van der Waals surface area contributed by atoms with Crippen molar-refractivity contribution in [3.05, 3.63) is 17.7 Å². The lowest BCUT2D eigenvalue weighted by Crippen LogP contribution is -2.28. The van der Waals surface area contributed by atoms with Crippen LogP contribution in [0.25, 0.3) is 0 Å². The van der Waals surface area contributed by atoms with Gasteiger partial charge in [0.1, 0.15) is 0 Å². The summed E-state index contributed by atoms with van der Waals surface area (Å²) in [4.78, 5) is 0. The first-order valence-electron chi connectivity index (χ1n) is 6.33. The number of nitrogens with one attached hydrogen (secondary N) is 1. The quantitative estimate of drug-likeness (QED) is 0.702. The molecule has 0 saturated carbocycles. The zero-order chi connectivity index (χ0) is 14.4. The standard InChI is InChI=1S/C14H23NO4/c1-9(5-10(2)16)15-8-11-6-12(18-3)14(17)13(7-11)19-4/h6-7,9-10,15-17H,5,8H2,1-4H3. The third-order valence-corrected chi connectivity index (χ3v) is 2.89. The smallest absolute Gasteiger partial charge is 0.200 e. The van der Waals surface area contributed by atoms with Crippen LogP contribution in [0.4, 0.5) is 0 Å². The molecular formula is C14H23NO4. The van der Waals surface area contributed by atoms with Crippen LogP contribution < -0.4 is 14.8 Å². The van der Waals surface area contributed by atoms with Gasteiger partial charge in [0.25, 0.3) is 0 Å². The van der Waals surface area contributed by atoms with E-state index in [1.54, 1.807) is 19.1 Å². The topological polar surface area (TPSA) is 71.0 Å². The predicted molar refractivity (Wildman–Crippen MR) is 73.8 cm³/mol. The zero-order valence-corrected chi connectivity index (χ0v) is 11.9. The summed E-state index contributed by atoms with van der Waals surface area (Å²) >= 11 is 0. The fourth-order valence-electron chi connectivity index (χ4n) is 1.94. The van der Waals surface area contributed by atoms with Crippen molar-refractivity contribution in [2.24, 2.45) is 0 Å². The Balaban J connectivity index is 2.73. The molecule has 0 fully saturated rings. The summed E-state index contributed by atoms with van der Waals surface area (Å²) in [5.41, 5.74) is 0.948. The molecule has 0 amide bonds. The summed E-state index contributed by atoms with van der Waals surface area (Å²) in [5.74, 6) is 0.782. The van der Waals surface area contributed by atoms with Gasteiger partial charge in [-0.1, -0.05) is 0 Å². The Hall–Kier alpha value is -1.46. The van der Waals surface area contributed by atoms with Crippen molar-refractivity contribution in [1.82, 2.24) is 5.32 Å². The van der Waals surface area contributed by atoms with E-state index in [9.17, 15) is 10.2 Å². The van der Waals surface area contributed by atoms with Gasteiger partial charge < -0.3 is 25.0 Å². The molecule has 0 radical (unpaired) electrons. The highest BCUT2D eigenvalue weighted by molar-refractivity contribution is 5.52. The Morgan fingerprint density at radius 1 is 1.16 bits per heavy atom. The van der Waals surface area contributed by atoms with E-state index in [1.165, 1.54) is 14.2 Å². The minimum Gasteiger partial charge on any atom is -0.502 e. The van der Waals surface area contributed by atoms with Gasteiger partial charge in [-0.15, -0.1) is 0 Å². The molecule has 19 heavy (non-hydrogen) atoms. The van der Waals surface area contributed by atoms with Crippen LogP contribution in [-0.2, 0) is 6.54 Å². The Kier molecular flexibility index (Phi) is 5.92. The number of phenols is 1. The third-order valence-electron chi connectivity index (χ3n) is 2.89. The minimum absolute atomic E-state index is 0.00535. The normalized spacial score (nSPS) is 13.9. The summed E-state index contributed by atoms with van der Waals surface area (Å²) < 4.78 is 10.2. The monoisotopic (exact) mass is 269 g/mol. The molecule has 2 unspecified atom stereocenters. The van der Waals surface area contributed by atoms with Gasteiger partial charge in [-0.2, -0.15) is 0 Å². The Labute approximate surface area is 114 Å². The van der Waals surface area contributed by atoms with E-state index in [0.717, 1.165) is 5.56 Å². The van der Waals surface area contributed by atoms with Crippen LogP contribution in [0.2, 0.25) is 0 Å². The second-order valence-corrected chi connectivity index (χ2v) is 4.72. The van der Waals surface area contributed by atoms with Crippen LogP contribution in [0, 0.1) is 0 Å². The van der Waals surface area contributed by atoms with Crippen LogP contribution in [-0.4, -0.2) is 36.6 Å². The second kappa shape index (κ2) is 7.21. The maximum atomic E-state index is 9.81. The maximum Gasteiger partial charge on any atom is 0.200 e. The van der Waals surface area contributed by atoms with Crippen molar-refractivity contribution < 1.29 is 19.7 Å². The largest absolute Gasteiger partial charge is 0.502 e. The van der Waals surface area contributed by atoms with E-state index in [0.29, 0.717) is 24.5 Å². The number of hydrogen-bond acceptors (Lipinski definition) is 5. The molecule has 2 atom stereocenters. The van der Waals surface area contributed by atoms with Gasteiger partial charge in [0.2, 0.25) is 5.75 Å². The van der Waals surface area contributed by atoms with Gasteiger partial charge >= 0.3 is 0 Å². The van der Waals surface area contributed by atoms with Crippen LogP contribution in [0.15, 0.2) is 12.1 Å². The number of rotatable bonds is 7. The summed E-state index contributed by atoms with van der Waals surface area (Å²) in [7, 11) is 3.00. The fourth-order valence-corrected chi connectivity index (χ4v) is 1.94. The van der Waals surface area contributed by atoms with E-state index in [-0.39, 0.29) is 17.9 Å². The molecule has 0 aromatic heterocycles. The van der Waals surface area contributed by atoms with E-state index in [2.05, 4.69) is 5.32 Å². The molecule has 0 heterocycles. The molecule has 1 aromatic carbocycles. The van der Waals surface area contributed by atoms with Gasteiger partial charge in [-0.25, -0.2) is 0 Å². The molecule has 0 aliphatic rings. The Morgan fingerprint density at radius 3 is 2.11 bits per heavy atom. The molecule has 0 bridgehead atoms. The van der Waals surface area contributed by atoms with Crippen LogP contribution in [0.1, 0.15) is 25.8 Å². The average Bonchev–Trinajstić information content (AvgIpc) is 2.36. The lowest BCUT2D eigenvalue weighted by atomic mass is 10.1. The van der Waals surface area contributed by atoms with Crippen molar-refractivity contribution >= 4 is 0 Å². The second-order valence-electron chi connectivity index (χ2n) is 4.72. The molecule has 1 rings (SSSR count). The van der Waals surface area contributed by atoms with Crippen LogP contribution in [0.3, 0.4) is 0 Å². The lowest BCUT2D eigenvalue weighted by molar-refractivity contribution is 0.170. The molecular weight excluding hydrogens is 246 g/mol. The first-order chi connectivity index (χ1) is 8.97. The Bertz CT molecular complexity index is 381. The molecule has 0 aliphatic carbocycles.